The highest BCUT2D eigenvalue weighted by atomic mass is 31.2. The van der Waals surface area contributed by atoms with Gasteiger partial charge in [-0.3, -0.25) is 23.4 Å². The molecule has 0 saturated heterocycles. The summed E-state index contributed by atoms with van der Waals surface area (Å²) in [5, 5.41) is 8.58. The third-order valence-electron chi connectivity index (χ3n) is 6.61. The summed E-state index contributed by atoms with van der Waals surface area (Å²) in [7, 11) is -6.19. The van der Waals surface area contributed by atoms with Crippen LogP contribution in [0.5, 0.6) is 0 Å². The molecular formula is C22H16F26NO10P. The number of ether oxygens (including phenoxy) is 2. The number of phosphoric acid groups is 1. The summed E-state index contributed by atoms with van der Waals surface area (Å²) in [5.74, 6) is -89.8. The van der Waals surface area contributed by atoms with Crippen LogP contribution in [-0.4, -0.2) is 131 Å². The molecule has 2 atom stereocenters. The largest absolute Gasteiger partial charge is 0.480 e. The van der Waals surface area contributed by atoms with Crippen molar-refractivity contribution in [2.45, 2.75) is 96.6 Å². The highest BCUT2D eigenvalue weighted by Crippen LogP contribution is 2.62. The molecule has 0 amide bonds. The SMILES string of the molecule is NC(COP(=O)(O)OC(COC(=O)CC(F)(F)C(F)(F)C(F)(F)C(F)(F)C(F)(F)C(F)(F)F)COC(=O)CC(F)(F)C(F)(F)C(F)(F)C(F)(F)C(F)(F)C(F)(F)F)C(=O)O. The fourth-order valence-electron chi connectivity index (χ4n) is 3.24. The first kappa shape index (κ1) is 56.7. The molecule has 11 nitrogen and oxygen atoms in total. The van der Waals surface area contributed by atoms with E-state index >= 15 is 0 Å². The average molecular weight is 979 g/mol. The van der Waals surface area contributed by atoms with Gasteiger partial charge < -0.3 is 25.2 Å². The molecule has 0 aliphatic heterocycles. The molecular weight excluding hydrogens is 963 g/mol. The van der Waals surface area contributed by atoms with E-state index in [1.165, 1.54) is 0 Å². The van der Waals surface area contributed by atoms with Gasteiger partial charge in [-0.25, -0.2) is 4.57 Å². The van der Waals surface area contributed by atoms with Crippen molar-refractivity contribution in [1.29, 1.82) is 0 Å². The highest BCUT2D eigenvalue weighted by molar-refractivity contribution is 7.47. The van der Waals surface area contributed by atoms with Crippen LogP contribution in [0.15, 0.2) is 0 Å². The van der Waals surface area contributed by atoms with Crippen LogP contribution in [0.3, 0.4) is 0 Å². The fraction of sp³-hybridized carbons (Fsp3) is 0.864. The first-order valence-corrected chi connectivity index (χ1v) is 15.3. The summed E-state index contributed by atoms with van der Waals surface area (Å²) in [6.45, 7) is -6.63. The Kier molecular flexibility index (Phi) is 16.1. The summed E-state index contributed by atoms with van der Waals surface area (Å²) in [4.78, 5) is 43.6. The van der Waals surface area contributed by atoms with Gasteiger partial charge in [-0.05, 0) is 0 Å². The number of hydrogen-bond donors (Lipinski definition) is 3. The molecule has 0 saturated carbocycles. The number of aliphatic carboxylic acids is 1. The second-order valence-corrected chi connectivity index (χ2v) is 12.6. The quantitative estimate of drug-likeness (QED) is 0.0568. The number of carbonyl (C=O) groups is 3. The number of carbonyl (C=O) groups excluding carboxylic acids is 2. The van der Waals surface area contributed by atoms with E-state index in [2.05, 4.69) is 18.5 Å². The zero-order chi connectivity index (χ0) is 48.8. The Hall–Kier alpha value is -3.34. The fourth-order valence-corrected chi connectivity index (χ4v) is 4.14. The van der Waals surface area contributed by atoms with E-state index in [9.17, 15) is 138 Å². The van der Waals surface area contributed by atoms with E-state index in [4.69, 9.17) is 10.8 Å². The molecule has 0 rings (SSSR count). The maximum atomic E-state index is 14.0. The first-order chi connectivity index (χ1) is 25.9. The Bertz CT molecular complexity index is 1510. The molecule has 4 N–H and O–H groups in total. The van der Waals surface area contributed by atoms with Crippen molar-refractivity contribution in [3.05, 3.63) is 0 Å². The van der Waals surface area contributed by atoms with Crippen molar-refractivity contribution in [2.75, 3.05) is 19.8 Å². The maximum absolute atomic E-state index is 14.0. The van der Waals surface area contributed by atoms with Crippen LogP contribution >= 0.6 is 7.82 Å². The van der Waals surface area contributed by atoms with Gasteiger partial charge in [0.25, 0.3) is 0 Å². The van der Waals surface area contributed by atoms with Crippen LogP contribution in [0.25, 0.3) is 0 Å². The number of esters is 2. The number of halogens is 26. The molecule has 0 spiro atoms. The van der Waals surface area contributed by atoms with E-state index in [1.807, 2.05) is 0 Å². The molecule has 356 valence electrons. The molecule has 0 heterocycles. The highest BCUT2D eigenvalue weighted by Gasteiger charge is 2.92. The predicted molar refractivity (Wildman–Crippen MR) is 129 cm³/mol. The van der Waals surface area contributed by atoms with E-state index in [-0.39, 0.29) is 0 Å². The standard InChI is InChI=1S/C22H16F26NO10P/c23-11(24,13(27,28)15(31,32)17(35,36)19(39,40)21(43,44)45)1-8(50)56-3-6(59-60(54,55)58-5-7(49)10(52)53)4-57-9(51)2-12(25,26)14(29,30)16(33,34)18(37,38)20(41,42)22(46,47)48/h6-7H,1-5,49H2,(H,52,53)(H,54,55). The van der Waals surface area contributed by atoms with Crippen LogP contribution in [0, 0.1) is 0 Å². The Balaban J connectivity index is 6.52. The lowest BCUT2D eigenvalue weighted by Gasteiger charge is -2.39. The topological polar surface area (TPSA) is 172 Å². The Morgan fingerprint density at radius 3 is 1.00 bits per heavy atom. The van der Waals surface area contributed by atoms with Crippen molar-refractivity contribution in [2.24, 2.45) is 5.73 Å². The van der Waals surface area contributed by atoms with Gasteiger partial charge in [-0.1, -0.05) is 0 Å². The van der Waals surface area contributed by atoms with Crippen LogP contribution in [0.4, 0.5) is 114 Å². The van der Waals surface area contributed by atoms with Crippen molar-refractivity contribution in [3.63, 3.8) is 0 Å². The minimum atomic E-state index is -8.48. The van der Waals surface area contributed by atoms with Gasteiger partial charge >= 0.3 is 97.3 Å². The predicted octanol–water partition coefficient (Wildman–Crippen LogP) is 7.24. The minimum Gasteiger partial charge on any atom is -0.480 e. The van der Waals surface area contributed by atoms with Crippen molar-refractivity contribution < 1.29 is 162 Å². The zero-order valence-electron chi connectivity index (χ0n) is 27.2. The number of carboxylic acid groups (broad SMARTS) is 1. The summed E-state index contributed by atoms with van der Waals surface area (Å²) in [5.41, 5.74) is 4.83. The molecule has 0 bridgehead atoms. The molecule has 2 unspecified atom stereocenters. The number of hydrogen-bond acceptors (Lipinski definition) is 9. The average Bonchev–Trinajstić information content (AvgIpc) is 3.02. The van der Waals surface area contributed by atoms with Crippen molar-refractivity contribution in [3.8, 4) is 0 Å². The van der Waals surface area contributed by atoms with Gasteiger partial charge in [0.05, 0.1) is 6.61 Å². The molecule has 0 aromatic carbocycles. The molecule has 0 fully saturated rings. The summed E-state index contributed by atoms with van der Waals surface area (Å²) < 4.78 is 372. The maximum Gasteiger partial charge on any atom is 0.472 e. The lowest BCUT2D eigenvalue weighted by atomic mass is 9.92. The molecule has 0 aliphatic carbocycles. The molecule has 0 aromatic heterocycles. The van der Waals surface area contributed by atoms with Gasteiger partial charge in [0.2, 0.25) is 0 Å². The molecule has 0 aliphatic rings. The minimum absolute atomic E-state index is 1.70. The lowest BCUT2D eigenvalue weighted by molar-refractivity contribution is -0.439. The number of phosphoric ester groups is 1. The Morgan fingerprint density at radius 1 is 0.483 bits per heavy atom. The molecule has 0 aromatic rings. The number of nitrogens with two attached hydrogens (primary N) is 1. The second-order valence-electron chi connectivity index (χ2n) is 11.2. The van der Waals surface area contributed by atoms with Crippen LogP contribution in [-0.2, 0) is 37.5 Å². The summed E-state index contributed by atoms with van der Waals surface area (Å²) in [6.07, 6.45) is -26.7. The Labute approximate surface area is 310 Å². The van der Waals surface area contributed by atoms with Gasteiger partial charge in [0, 0.05) is 0 Å². The monoisotopic (exact) mass is 979 g/mol. The van der Waals surface area contributed by atoms with E-state index in [0.29, 0.717) is 0 Å². The molecule has 38 heteroatoms. The number of alkyl halides is 26. The molecule has 0 radical (unpaired) electrons. The van der Waals surface area contributed by atoms with Crippen LogP contribution in [0.2, 0.25) is 0 Å². The first-order valence-electron chi connectivity index (χ1n) is 13.8. The Morgan fingerprint density at radius 2 is 0.750 bits per heavy atom. The van der Waals surface area contributed by atoms with Crippen molar-refractivity contribution in [1.82, 2.24) is 0 Å². The number of rotatable bonds is 22. The van der Waals surface area contributed by atoms with Gasteiger partial charge in [-0.15, -0.1) is 0 Å². The second kappa shape index (κ2) is 17.1. The zero-order valence-corrected chi connectivity index (χ0v) is 28.1. The molecule has 60 heavy (non-hydrogen) atoms. The van der Waals surface area contributed by atoms with Crippen molar-refractivity contribution >= 4 is 25.7 Å². The van der Waals surface area contributed by atoms with Gasteiger partial charge in [-0.2, -0.15) is 114 Å². The van der Waals surface area contributed by atoms with Crippen LogP contribution in [0.1, 0.15) is 12.8 Å². The van der Waals surface area contributed by atoms with E-state index in [1.54, 1.807) is 0 Å². The van der Waals surface area contributed by atoms with Gasteiger partial charge in [0.15, 0.2) is 0 Å². The third-order valence-corrected chi connectivity index (χ3v) is 7.65. The lowest BCUT2D eigenvalue weighted by Crippen LogP contribution is -2.70. The van der Waals surface area contributed by atoms with E-state index in [0.717, 1.165) is 0 Å². The van der Waals surface area contributed by atoms with E-state index < -0.39 is 142 Å². The number of carboxylic acids is 1. The summed E-state index contributed by atoms with van der Waals surface area (Å²) >= 11 is 0. The van der Waals surface area contributed by atoms with Gasteiger partial charge in [0.1, 0.15) is 38.2 Å². The van der Waals surface area contributed by atoms with Crippen LogP contribution < -0.4 is 5.73 Å². The normalized spacial score (nSPS) is 16.7. The summed E-state index contributed by atoms with van der Waals surface area (Å²) in [6, 6.07) is -2.35. The third kappa shape index (κ3) is 10.6. The smallest absolute Gasteiger partial charge is 0.472 e.